The molecule has 3 heterocycles. The smallest absolute Gasteiger partial charge is 0.137 e. The minimum absolute atomic E-state index is 0.311. The summed E-state index contributed by atoms with van der Waals surface area (Å²) in [6.45, 7) is 4.24. The van der Waals surface area contributed by atoms with Crippen molar-refractivity contribution in [3.63, 3.8) is 0 Å². The van der Waals surface area contributed by atoms with E-state index in [9.17, 15) is 5.11 Å². The number of anilines is 1. The molecule has 1 N–H and O–H groups in total. The number of benzene rings is 1. The van der Waals surface area contributed by atoms with Crippen LogP contribution in [0.3, 0.4) is 0 Å². The number of likely N-dealkylation sites (N-methyl/N-ethyl adjacent to an activating group) is 1. The minimum atomic E-state index is -0.447. The Balaban J connectivity index is 1.34. The van der Waals surface area contributed by atoms with Gasteiger partial charge < -0.3 is 14.6 Å². The number of piperidine rings is 1. The molecule has 0 amide bonds. The number of aliphatic hydroxyl groups excluding tert-OH is 1. The molecular formula is C20H28N4O. The Kier molecular flexibility index (Phi) is 4.52. The highest BCUT2D eigenvalue weighted by Gasteiger charge is 2.28. The zero-order chi connectivity index (χ0) is 17.4. The van der Waals surface area contributed by atoms with Gasteiger partial charge in [0.2, 0.25) is 0 Å². The molecule has 5 heteroatoms. The lowest BCUT2D eigenvalue weighted by Gasteiger charge is -2.34. The van der Waals surface area contributed by atoms with E-state index < -0.39 is 6.10 Å². The van der Waals surface area contributed by atoms with Crippen LogP contribution < -0.4 is 4.90 Å². The summed E-state index contributed by atoms with van der Waals surface area (Å²) < 4.78 is 1.93. The maximum absolute atomic E-state index is 10.6. The summed E-state index contributed by atoms with van der Waals surface area (Å²) in [5, 5.41) is 10.6. The van der Waals surface area contributed by atoms with Gasteiger partial charge in [-0.15, -0.1) is 0 Å². The quantitative estimate of drug-likeness (QED) is 0.928. The highest BCUT2D eigenvalue weighted by molar-refractivity contribution is 5.58. The molecule has 0 spiro atoms. The van der Waals surface area contributed by atoms with Crippen molar-refractivity contribution in [2.24, 2.45) is 13.0 Å². The van der Waals surface area contributed by atoms with Crippen LogP contribution in [0.5, 0.6) is 0 Å². The fraction of sp³-hybridized carbons (Fsp3) is 0.550. The molecule has 1 saturated heterocycles. The lowest BCUT2D eigenvalue weighted by atomic mass is 9.90. The van der Waals surface area contributed by atoms with Gasteiger partial charge >= 0.3 is 0 Å². The second-order valence-electron chi connectivity index (χ2n) is 7.59. The van der Waals surface area contributed by atoms with Crippen LogP contribution in [-0.2, 0) is 20.0 Å². The molecule has 2 aromatic rings. The molecule has 0 aliphatic carbocycles. The number of fused-ring (bicyclic) bond motifs is 1. The van der Waals surface area contributed by atoms with E-state index in [1.807, 2.05) is 17.8 Å². The van der Waals surface area contributed by atoms with E-state index in [-0.39, 0.29) is 0 Å². The Hall–Kier alpha value is -1.85. The first-order valence-corrected chi connectivity index (χ1v) is 9.32. The normalized spacial score (nSPS) is 20.0. The average molecular weight is 340 g/mol. The number of hydrogen-bond acceptors (Lipinski definition) is 4. The number of aromatic nitrogens is 2. The van der Waals surface area contributed by atoms with Gasteiger partial charge in [-0.25, -0.2) is 4.98 Å². The van der Waals surface area contributed by atoms with Crippen LogP contribution in [-0.4, -0.2) is 46.2 Å². The maximum Gasteiger partial charge on any atom is 0.137 e. The van der Waals surface area contributed by atoms with Crippen LogP contribution in [0.25, 0.3) is 0 Å². The van der Waals surface area contributed by atoms with Crippen LogP contribution in [0.2, 0.25) is 0 Å². The summed E-state index contributed by atoms with van der Waals surface area (Å²) >= 11 is 0. The molecular weight excluding hydrogens is 312 g/mol. The van der Waals surface area contributed by atoms with Gasteiger partial charge in [-0.05, 0) is 55.5 Å². The van der Waals surface area contributed by atoms with E-state index in [0.717, 1.165) is 51.3 Å². The first-order valence-electron chi connectivity index (χ1n) is 9.32. The SMILES string of the molecule is CN1CCc2cc(CN3CCC(C(O)c4nccn4C)CC3)ccc21. The molecule has 0 saturated carbocycles. The Morgan fingerprint density at radius 3 is 2.72 bits per heavy atom. The number of hydrogen-bond donors (Lipinski definition) is 1. The molecule has 0 radical (unpaired) electrons. The van der Waals surface area contributed by atoms with Gasteiger partial charge in [-0.2, -0.15) is 0 Å². The van der Waals surface area contributed by atoms with E-state index >= 15 is 0 Å². The lowest BCUT2D eigenvalue weighted by Crippen LogP contribution is -2.35. The number of aryl methyl sites for hydroxylation is 1. The molecule has 5 nitrogen and oxygen atoms in total. The number of rotatable bonds is 4. The molecule has 4 rings (SSSR count). The van der Waals surface area contributed by atoms with Crippen molar-refractivity contribution in [1.29, 1.82) is 0 Å². The summed E-state index contributed by atoms with van der Waals surface area (Å²) in [6.07, 6.45) is 6.44. The lowest BCUT2D eigenvalue weighted by molar-refractivity contribution is 0.0492. The Labute approximate surface area is 149 Å². The Morgan fingerprint density at radius 2 is 2.00 bits per heavy atom. The standard InChI is InChI=1S/C20H28N4O/c1-22-9-5-17-13-15(3-4-18(17)22)14-24-10-6-16(7-11-24)19(25)20-21-8-12-23(20)2/h3-4,8,12-13,16,19,25H,5-7,9-11,14H2,1-2H3. The monoisotopic (exact) mass is 340 g/mol. The summed E-state index contributed by atoms with van der Waals surface area (Å²) in [4.78, 5) is 9.17. The van der Waals surface area contributed by atoms with E-state index in [1.54, 1.807) is 6.20 Å². The largest absolute Gasteiger partial charge is 0.385 e. The van der Waals surface area contributed by atoms with Crippen molar-refractivity contribution in [2.75, 3.05) is 31.6 Å². The molecule has 0 bridgehead atoms. The average Bonchev–Trinajstić information content (AvgIpc) is 3.21. The van der Waals surface area contributed by atoms with Crippen LogP contribution in [0.1, 0.15) is 35.9 Å². The predicted octanol–water partition coefficient (Wildman–Crippen LogP) is 2.36. The summed E-state index contributed by atoms with van der Waals surface area (Å²) in [5.41, 5.74) is 4.29. The van der Waals surface area contributed by atoms with E-state index in [1.165, 1.54) is 16.8 Å². The highest BCUT2D eigenvalue weighted by Crippen LogP contribution is 2.31. The second-order valence-corrected chi connectivity index (χ2v) is 7.59. The van der Waals surface area contributed by atoms with Gasteiger partial charge in [0.05, 0.1) is 0 Å². The first-order chi connectivity index (χ1) is 12.1. The second kappa shape index (κ2) is 6.81. The topological polar surface area (TPSA) is 44.5 Å². The van der Waals surface area contributed by atoms with Gasteiger partial charge in [0, 0.05) is 45.3 Å². The van der Waals surface area contributed by atoms with Crippen LogP contribution in [0, 0.1) is 5.92 Å². The summed E-state index contributed by atoms with van der Waals surface area (Å²) in [7, 11) is 4.12. The number of imidazole rings is 1. The molecule has 2 aliphatic heterocycles. The van der Waals surface area contributed by atoms with Crippen molar-refractivity contribution in [2.45, 2.75) is 31.9 Å². The zero-order valence-corrected chi connectivity index (χ0v) is 15.2. The first kappa shape index (κ1) is 16.6. The molecule has 1 fully saturated rings. The van der Waals surface area contributed by atoms with Gasteiger partial charge in [0.1, 0.15) is 11.9 Å². The third-order valence-electron chi connectivity index (χ3n) is 5.88. The third-order valence-corrected chi connectivity index (χ3v) is 5.88. The molecule has 25 heavy (non-hydrogen) atoms. The van der Waals surface area contributed by atoms with Crippen molar-refractivity contribution in [1.82, 2.24) is 14.5 Å². The highest BCUT2D eigenvalue weighted by atomic mass is 16.3. The Bertz CT molecular complexity index is 733. The van der Waals surface area contributed by atoms with Crippen molar-refractivity contribution >= 4 is 5.69 Å². The third kappa shape index (κ3) is 3.31. The van der Waals surface area contributed by atoms with Crippen molar-refractivity contribution in [3.05, 3.63) is 47.5 Å². The molecule has 1 aromatic carbocycles. The van der Waals surface area contributed by atoms with Crippen LogP contribution >= 0.6 is 0 Å². The summed E-state index contributed by atoms with van der Waals surface area (Å²) in [6, 6.07) is 6.93. The molecule has 1 unspecified atom stereocenters. The van der Waals surface area contributed by atoms with Gasteiger partial charge in [-0.3, -0.25) is 4.90 Å². The fourth-order valence-corrected chi connectivity index (χ4v) is 4.28. The van der Waals surface area contributed by atoms with E-state index in [2.05, 4.69) is 40.0 Å². The molecule has 2 aliphatic rings. The number of likely N-dealkylation sites (tertiary alicyclic amines) is 1. The molecule has 1 atom stereocenters. The van der Waals surface area contributed by atoms with Gasteiger partial charge in [0.25, 0.3) is 0 Å². The van der Waals surface area contributed by atoms with Crippen molar-refractivity contribution < 1.29 is 5.11 Å². The number of nitrogens with zero attached hydrogens (tertiary/aromatic N) is 4. The summed E-state index contributed by atoms with van der Waals surface area (Å²) in [5.74, 6) is 1.10. The van der Waals surface area contributed by atoms with Gasteiger partial charge in [-0.1, -0.05) is 12.1 Å². The van der Waals surface area contributed by atoms with Crippen LogP contribution in [0.4, 0.5) is 5.69 Å². The van der Waals surface area contributed by atoms with E-state index in [0.29, 0.717) is 5.92 Å². The molecule has 1 aromatic heterocycles. The zero-order valence-electron chi connectivity index (χ0n) is 15.2. The predicted molar refractivity (Wildman–Crippen MR) is 99.6 cm³/mol. The maximum atomic E-state index is 10.6. The van der Waals surface area contributed by atoms with Crippen molar-refractivity contribution in [3.8, 4) is 0 Å². The minimum Gasteiger partial charge on any atom is -0.385 e. The fourth-order valence-electron chi connectivity index (χ4n) is 4.28. The van der Waals surface area contributed by atoms with Gasteiger partial charge in [0.15, 0.2) is 0 Å². The molecule has 134 valence electrons. The van der Waals surface area contributed by atoms with Crippen LogP contribution in [0.15, 0.2) is 30.6 Å². The Morgan fingerprint density at radius 1 is 1.20 bits per heavy atom. The number of aliphatic hydroxyl groups is 1. The van der Waals surface area contributed by atoms with E-state index in [4.69, 9.17) is 0 Å².